The molecule has 4 heterocycles. The van der Waals surface area contributed by atoms with Gasteiger partial charge in [-0.2, -0.15) is 0 Å². The van der Waals surface area contributed by atoms with Gasteiger partial charge in [-0.3, -0.25) is 4.79 Å². The van der Waals surface area contributed by atoms with Crippen LogP contribution in [0.5, 0.6) is 0 Å². The first-order chi connectivity index (χ1) is 19.0. The summed E-state index contributed by atoms with van der Waals surface area (Å²) in [4.78, 5) is 24.1. The van der Waals surface area contributed by atoms with E-state index >= 15 is 0 Å². The average Bonchev–Trinajstić information content (AvgIpc) is 3.76. The quantitative estimate of drug-likeness (QED) is 0.130. The summed E-state index contributed by atoms with van der Waals surface area (Å²) in [5, 5.41) is 39.2. The topological polar surface area (TPSA) is 185 Å². The van der Waals surface area contributed by atoms with E-state index in [9.17, 15) is 9.59 Å². The van der Waals surface area contributed by atoms with Gasteiger partial charge in [0.1, 0.15) is 0 Å². The van der Waals surface area contributed by atoms with Crippen LogP contribution in [0.1, 0.15) is 66.9 Å². The van der Waals surface area contributed by atoms with Gasteiger partial charge >= 0.3 is 5.97 Å². The van der Waals surface area contributed by atoms with Crippen LogP contribution in [-0.2, 0) is 0 Å². The largest absolute Gasteiger partial charge is 0.476 e. The van der Waals surface area contributed by atoms with E-state index in [1.165, 1.54) is 28.7 Å². The molecule has 0 saturated carbocycles. The number of nitrogens with zero attached hydrogens (tertiary/aromatic N) is 2. The number of hydrogen-bond donors (Lipinski definition) is 5. The zero-order chi connectivity index (χ0) is 28.3. The van der Waals surface area contributed by atoms with Crippen LogP contribution in [0.2, 0.25) is 0 Å². The minimum absolute atomic E-state index is 0. The van der Waals surface area contributed by atoms with Gasteiger partial charge in [-0.15, -0.1) is 22.7 Å². The van der Waals surface area contributed by atoms with Crippen LogP contribution >= 0.6 is 22.7 Å². The Morgan fingerprint density at radius 2 is 1.35 bits per heavy atom. The summed E-state index contributed by atoms with van der Waals surface area (Å²) in [5.41, 5.74) is 5.42. The SMILES string of the molecule is C.NCCCCCO.O=C(NCCCCCO)c1cc(-c2cccs2)on1.O=C(O)c1cc(-c2cccs2)on1. The second-order valence-corrected chi connectivity index (χ2v) is 9.92. The number of aliphatic hydroxyl groups excluding tert-OH is 2. The van der Waals surface area contributed by atoms with Gasteiger partial charge in [-0.25, -0.2) is 4.79 Å². The highest BCUT2D eigenvalue weighted by molar-refractivity contribution is 7.13. The molecule has 0 bridgehead atoms. The number of carboxylic acid groups (broad SMARTS) is 1. The molecule has 0 unspecified atom stereocenters. The first kappa shape index (κ1) is 34.7. The molecule has 13 heteroatoms. The van der Waals surface area contributed by atoms with E-state index in [2.05, 4.69) is 15.6 Å². The van der Waals surface area contributed by atoms with Crippen LogP contribution in [0.25, 0.3) is 21.3 Å². The van der Waals surface area contributed by atoms with E-state index in [0.29, 0.717) is 30.4 Å². The van der Waals surface area contributed by atoms with Crippen LogP contribution in [0.3, 0.4) is 0 Å². The van der Waals surface area contributed by atoms with Gasteiger partial charge in [0.25, 0.3) is 5.91 Å². The molecule has 0 spiro atoms. The van der Waals surface area contributed by atoms with E-state index in [4.69, 9.17) is 30.1 Å². The molecule has 0 aliphatic heterocycles. The molecule has 0 saturated heterocycles. The van der Waals surface area contributed by atoms with Gasteiger partial charge in [0.2, 0.25) is 0 Å². The number of aliphatic hydroxyl groups is 2. The van der Waals surface area contributed by atoms with E-state index in [0.717, 1.165) is 54.8 Å². The maximum atomic E-state index is 11.8. The minimum atomic E-state index is -1.08. The standard InChI is InChI=1S/C13H16N2O3S.C8H5NO3S.C5H13NO.CH4/c16-7-3-1-2-6-14-13(17)10-9-11(18-15-10)12-5-4-8-19-12;10-8(11)5-4-6(12-9-5)7-2-1-3-13-7;6-4-2-1-3-5-7;/h4-5,8-9,16H,1-3,6-7H2,(H,14,17);1-4H,(H,10,11);7H,1-6H2;1H4. The molecular formula is C27H38N4O7S2. The third kappa shape index (κ3) is 12.7. The molecule has 40 heavy (non-hydrogen) atoms. The van der Waals surface area contributed by atoms with Crippen molar-refractivity contribution in [1.29, 1.82) is 0 Å². The van der Waals surface area contributed by atoms with Crippen LogP contribution in [0.15, 0.2) is 56.2 Å². The van der Waals surface area contributed by atoms with Crippen molar-refractivity contribution in [3.8, 4) is 21.3 Å². The van der Waals surface area contributed by atoms with Crippen molar-refractivity contribution in [2.45, 2.75) is 46.0 Å². The number of rotatable bonds is 13. The molecule has 0 aliphatic rings. The summed E-state index contributed by atoms with van der Waals surface area (Å²) in [6.45, 7) is 1.83. The smallest absolute Gasteiger partial charge is 0.358 e. The third-order valence-electron chi connectivity index (χ3n) is 4.98. The average molecular weight is 595 g/mol. The number of unbranched alkanes of at least 4 members (excludes halogenated alkanes) is 4. The lowest BCUT2D eigenvalue weighted by atomic mass is 10.2. The number of amides is 1. The molecule has 4 aromatic rings. The molecule has 0 fully saturated rings. The first-order valence-electron chi connectivity index (χ1n) is 12.4. The van der Waals surface area contributed by atoms with Crippen LogP contribution in [0, 0.1) is 0 Å². The van der Waals surface area contributed by atoms with Crippen molar-refractivity contribution >= 4 is 34.6 Å². The zero-order valence-electron chi connectivity index (χ0n) is 21.5. The zero-order valence-corrected chi connectivity index (χ0v) is 23.1. The van der Waals surface area contributed by atoms with Crippen molar-refractivity contribution in [2.24, 2.45) is 5.73 Å². The predicted molar refractivity (Wildman–Crippen MR) is 157 cm³/mol. The first-order valence-corrected chi connectivity index (χ1v) is 14.2. The number of carboxylic acids is 1. The molecular weight excluding hydrogens is 556 g/mol. The third-order valence-corrected chi connectivity index (χ3v) is 6.75. The van der Waals surface area contributed by atoms with Crippen molar-refractivity contribution in [3.05, 3.63) is 58.5 Å². The Bertz CT molecular complexity index is 1190. The van der Waals surface area contributed by atoms with Crippen molar-refractivity contribution in [3.63, 3.8) is 0 Å². The number of nitrogens with two attached hydrogens (primary N) is 1. The Balaban J connectivity index is 0.000000331. The molecule has 0 radical (unpaired) electrons. The lowest BCUT2D eigenvalue weighted by Gasteiger charge is -2.01. The fourth-order valence-corrected chi connectivity index (χ4v) is 4.31. The summed E-state index contributed by atoms with van der Waals surface area (Å²) < 4.78 is 9.99. The highest BCUT2D eigenvalue weighted by Crippen LogP contribution is 2.25. The van der Waals surface area contributed by atoms with Gasteiger partial charge < -0.3 is 35.4 Å². The van der Waals surface area contributed by atoms with Gasteiger partial charge in [0, 0.05) is 31.9 Å². The fourth-order valence-electron chi connectivity index (χ4n) is 2.97. The summed E-state index contributed by atoms with van der Waals surface area (Å²) in [6.07, 6.45) is 5.52. The highest BCUT2D eigenvalue weighted by atomic mass is 32.1. The maximum Gasteiger partial charge on any atom is 0.358 e. The van der Waals surface area contributed by atoms with Crippen molar-refractivity contribution in [2.75, 3.05) is 26.3 Å². The minimum Gasteiger partial charge on any atom is -0.476 e. The van der Waals surface area contributed by atoms with Crippen molar-refractivity contribution in [1.82, 2.24) is 15.6 Å². The predicted octanol–water partition coefficient (Wildman–Crippen LogP) is 5.14. The highest BCUT2D eigenvalue weighted by Gasteiger charge is 2.14. The number of aromatic carboxylic acids is 1. The Hall–Kier alpha value is -3.36. The second-order valence-electron chi connectivity index (χ2n) is 8.03. The number of aromatic nitrogens is 2. The monoisotopic (exact) mass is 594 g/mol. The van der Waals surface area contributed by atoms with E-state index in [1.54, 1.807) is 6.07 Å². The summed E-state index contributed by atoms with van der Waals surface area (Å²) in [7, 11) is 0. The summed E-state index contributed by atoms with van der Waals surface area (Å²) in [6, 6.07) is 10.6. The van der Waals surface area contributed by atoms with Crippen LogP contribution in [0.4, 0.5) is 0 Å². The Morgan fingerprint density at radius 1 is 0.825 bits per heavy atom. The molecule has 0 atom stereocenters. The van der Waals surface area contributed by atoms with E-state index in [1.807, 2.05) is 35.0 Å². The molecule has 11 nitrogen and oxygen atoms in total. The van der Waals surface area contributed by atoms with E-state index < -0.39 is 5.97 Å². The molecule has 4 rings (SSSR count). The lowest BCUT2D eigenvalue weighted by molar-refractivity contribution is 0.0685. The molecule has 0 aromatic carbocycles. The van der Waals surface area contributed by atoms with Gasteiger partial charge in [-0.05, 0) is 68.0 Å². The van der Waals surface area contributed by atoms with Gasteiger partial charge in [-0.1, -0.05) is 29.9 Å². The summed E-state index contributed by atoms with van der Waals surface area (Å²) >= 11 is 3.01. The normalized spacial score (nSPS) is 9.97. The van der Waals surface area contributed by atoms with Crippen LogP contribution in [-0.4, -0.2) is 63.8 Å². The van der Waals surface area contributed by atoms with Crippen LogP contribution < -0.4 is 11.1 Å². The Kier molecular flexibility index (Phi) is 17.8. The number of carbonyl (C=O) groups excluding carboxylic acids is 1. The van der Waals surface area contributed by atoms with Gasteiger partial charge in [0.15, 0.2) is 22.9 Å². The number of carbonyl (C=O) groups is 2. The summed E-state index contributed by atoms with van der Waals surface area (Å²) in [5.74, 6) is -0.199. The van der Waals surface area contributed by atoms with Gasteiger partial charge in [0.05, 0.1) is 9.75 Å². The molecule has 220 valence electrons. The molecule has 1 amide bonds. The number of thiophene rings is 2. The lowest BCUT2D eigenvalue weighted by Crippen LogP contribution is -2.24. The van der Waals surface area contributed by atoms with Crippen molar-refractivity contribution < 1.29 is 34.0 Å². The van der Waals surface area contributed by atoms with E-state index in [-0.39, 0.29) is 25.6 Å². The molecule has 0 aliphatic carbocycles. The fraction of sp³-hybridized carbons (Fsp3) is 0.407. The molecule has 4 aromatic heterocycles. The maximum absolute atomic E-state index is 11.8. The molecule has 6 N–H and O–H groups in total. The Morgan fingerprint density at radius 3 is 1.80 bits per heavy atom. The number of nitrogens with one attached hydrogen (secondary N) is 1. The Labute approximate surface area is 241 Å². The number of hydrogen-bond acceptors (Lipinski definition) is 11. The second kappa shape index (κ2) is 20.5.